The summed E-state index contributed by atoms with van der Waals surface area (Å²) in [7, 11) is 0. The van der Waals surface area contributed by atoms with E-state index in [0.717, 1.165) is 29.7 Å². The molecule has 0 bridgehead atoms. The number of hydrogen-bond acceptors (Lipinski definition) is 2. The zero-order valence-electron chi connectivity index (χ0n) is 15.1. The van der Waals surface area contributed by atoms with Crippen LogP contribution in [-0.4, -0.2) is 36.6 Å². The number of rotatable bonds is 5. The smallest absolute Gasteiger partial charge is 0.0244 e. The van der Waals surface area contributed by atoms with Gasteiger partial charge in [0.1, 0.15) is 0 Å². The van der Waals surface area contributed by atoms with E-state index in [-0.39, 0.29) is 0 Å². The first-order valence-corrected chi connectivity index (χ1v) is 9.43. The van der Waals surface area contributed by atoms with Crippen LogP contribution in [0.1, 0.15) is 66.7 Å². The predicted molar refractivity (Wildman–Crippen MR) is 92.6 cm³/mol. The van der Waals surface area contributed by atoms with E-state index in [9.17, 15) is 0 Å². The Hall–Kier alpha value is -0.0800. The highest BCUT2D eigenvalue weighted by atomic mass is 15.2. The molecule has 0 amide bonds. The minimum Gasteiger partial charge on any atom is -0.311 e. The SMILES string of the molecule is CC(C)CC1CN(CC2CCC(C)CC2)C(C(C)C)CN1. The summed E-state index contributed by atoms with van der Waals surface area (Å²) in [4.78, 5) is 2.84. The van der Waals surface area contributed by atoms with E-state index in [0.29, 0.717) is 6.04 Å². The summed E-state index contributed by atoms with van der Waals surface area (Å²) in [6, 6.07) is 1.45. The summed E-state index contributed by atoms with van der Waals surface area (Å²) in [6.07, 6.45) is 7.16. The van der Waals surface area contributed by atoms with E-state index < -0.39 is 0 Å². The first kappa shape index (κ1) is 17.3. The molecule has 1 saturated heterocycles. The molecule has 0 aromatic heterocycles. The molecule has 0 aromatic rings. The van der Waals surface area contributed by atoms with E-state index in [4.69, 9.17) is 0 Å². The van der Waals surface area contributed by atoms with Crippen molar-refractivity contribution >= 4 is 0 Å². The van der Waals surface area contributed by atoms with Crippen molar-refractivity contribution in [2.45, 2.75) is 78.8 Å². The van der Waals surface area contributed by atoms with Crippen LogP contribution in [0.3, 0.4) is 0 Å². The van der Waals surface area contributed by atoms with Crippen LogP contribution in [0.25, 0.3) is 0 Å². The first-order valence-electron chi connectivity index (χ1n) is 9.43. The van der Waals surface area contributed by atoms with E-state index in [1.54, 1.807) is 0 Å². The van der Waals surface area contributed by atoms with E-state index >= 15 is 0 Å². The third-order valence-electron chi connectivity index (χ3n) is 5.69. The molecule has 1 aliphatic carbocycles. The molecule has 21 heavy (non-hydrogen) atoms. The van der Waals surface area contributed by atoms with Gasteiger partial charge in [0.05, 0.1) is 0 Å². The molecule has 1 saturated carbocycles. The maximum atomic E-state index is 3.81. The van der Waals surface area contributed by atoms with Gasteiger partial charge in [0, 0.05) is 31.7 Å². The van der Waals surface area contributed by atoms with Gasteiger partial charge >= 0.3 is 0 Å². The molecule has 0 aromatic carbocycles. The van der Waals surface area contributed by atoms with Gasteiger partial charge in [0.15, 0.2) is 0 Å². The molecule has 2 heteroatoms. The Morgan fingerprint density at radius 2 is 1.71 bits per heavy atom. The summed E-state index contributed by atoms with van der Waals surface area (Å²) < 4.78 is 0. The molecule has 2 atom stereocenters. The standard InChI is InChI=1S/C19H38N2/c1-14(2)10-18-13-21(19(11-20-18)15(3)4)12-17-8-6-16(5)7-9-17/h14-20H,6-13H2,1-5H3. The van der Waals surface area contributed by atoms with Crippen LogP contribution in [0.4, 0.5) is 0 Å². The van der Waals surface area contributed by atoms with Crippen LogP contribution in [0.15, 0.2) is 0 Å². The summed E-state index contributed by atoms with van der Waals surface area (Å²) in [5.74, 6) is 3.50. The van der Waals surface area contributed by atoms with Gasteiger partial charge in [0.2, 0.25) is 0 Å². The molecule has 2 fully saturated rings. The van der Waals surface area contributed by atoms with Gasteiger partial charge in [-0.2, -0.15) is 0 Å². The Balaban J connectivity index is 1.90. The molecule has 1 heterocycles. The van der Waals surface area contributed by atoms with Crippen molar-refractivity contribution in [3.8, 4) is 0 Å². The van der Waals surface area contributed by atoms with Crippen molar-refractivity contribution in [2.75, 3.05) is 19.6 Å². The zero-order chi connectivity index (χ0) is 15.4. The summed E-state index contributed by atoms with van der Waals surface area (Å²) in [6.45, 7) is 15.7. The van der Waals surface area contributed by atoms with Crippen LogP contribution < -0.4 is 5.32 Å². The quantitative estimate of drug-likeness (QED) is 0.819. The van der Waals surface area contributed by atoms with E-state index in [1.165, 1.54) is 51.7 Å². The van der Waals surface area contributed by atoms with Crippen LogP contribution in [0.5, 0.6) is 0 Å². The van der Waals surface area contributed by atoms with Gasteiger partial charge < -0.3 is 5.32 Å². The second kappa shape index (κ2) is 7.97. The number of nitrogens with zero attached hydrogens (tertiary/aromatic N) is 1. The fourth-order valence-corrected chi connectivity index (χ4v) is 4.34. The third kappa shape index (κ3) is 5.25. The van der Waals surface area contributed by atoms with Gasteiger partial charge in [-0.15, -0.1) is 0 Å². The lowest BCUT2D eigenvalue weighted by Crippen LogP contribution is -2.59. The molecule has 1 aliphatic heterocycles. The summed E-state index contributed by atoms with van der Waals surface area (Å²) in [5.41, 5.74) is 0. The van der Waals surface area contributed by atoms with Crippen LogP contribution >= 0.6 is 0 Å². The van der Waals surface area contributed by atoms with Gasteiger partial charge in [-0.1, -0.05) is 47.5 Å². The van der Waals surface area contributed by atoms with Crippen LogP contribution in [-0.2, 0) is 0 Å². The minimum absolute atomic E-state index is 0.711. The lowest BCUT2D eigenvalue weighted by atomic mass is 9.82. The monoisotopic (exact) mass is 294 g/mol. The molecule has 2 rings (SSSR count). The van der Waals surface area contributed by atoms with Crippen molar-refractivity contribution in [1.29, 1.82) is 0 Å². The number of piperazine rings is 1. The lowest BCUT2D eigenvalue weighted by molar-refractivity contribution is 0.0660. The van der Waals surface area contributed by atoms with Crippen LogP contribution in [0, 0.1) is 23.7 Å². The molecule has 0 spiro atoms. The molecule has 0 radical (unpaired) electrons. The fourth-order valence-electron chi connectivity index (χ4n) is 4.34. The third-order valence-corrected chi connectivity index (χ3v) is 5.69. The Kier molecular flexibility index (Phi) is 6.55. The topological polar surface area (TPSA) is 15.3 Å². The van der Waals surface area contributed by atoms with Crippen molar-refractivity contribution < 1.29 is 0 Å². The molecule has 1 N–H and O–H groups in total. The fraction of sp³-hybridized carbons (Fsp3) is 1.00. The highest BCUT2D eigenvalue weighted by molar-refractivity contribution is 4.89. The highest BCUT2D eigenvalue weighted by Crippen LogP contribution is 2.30. The molecule has 2 aliphatic rings. The van der Waals surface area contributed by atoms with Gasteiger partial charge in [-0.25, -0.2) is 0 Å². The van der Waals surface area contributed by atoms with Crippen molar-refractivity contribution in [3.05, 3.63) is 0 Å². The zero-order valence-corrected chi connectivity index (χ0v) is 15.1. The molecule has 2 unspecified atom stereocenters. The second-order valence-corrected chi connectivity index (χ2v) is 8.63. The Bertz CT molecular complexity index is 292. The van der Waals surface area contributed by atoms with Gasteiger partial charge in [0.25, 0.3) is 0 Å². The lowest BCUT2D eigenvalue weighted by Gasteiger charge is -2.45. The largest absolute Gasteiger partial charge is 0.311 e. The molecular formula is C19H38N2. The first-order chi connectivity index (χ1) is 9.95. The second-order valence-electron chi connectivity index (χ2n) is 8.63. The van der Waals surface area contributed by atoms with Gasteiger partial charge in [-0.3, -0.25) is 4.90 Å². The minimum atomic E-state index is 0.711. The average Bonchev–Trinajstić information content (AvgIpc) is 2.40. The maximum absolute atomic E-state index is 3.81. The Morgan fingerprint density at radius 3 is 2.29 bits per heavy atom. The van der Waals surface area contributed by atoms with Crippen LogP contribution in [0.2, 0.25) is 0 Å². The number of hydrogen-bond donors (Lipinski definition) is 1. The molecule has 2 nitrogen and oxygen atoms in total. The normalized spacial score (nSPS) is 35.6. The van der Waals surface area contributed by atoms with E-state index in [2.05, 4.69) is 44.8 Å². The van der Waals surface area contributed by atoms with Crippen molar-refractivity contribution in [2.24, 2.45) is 23.7 Å². The maximum Gasteiger partial charge on any atom is 0.0244 e. The summed E-state index contributed by atoms with van der Waals surface area (Å²) >= 11 is 0. The highest BCUT2D eigenvalue weighted by Gasteiger charge is 2.32. The predicted octanol–water partition coefficient (Wildman–Crippen LogP) is 4.16. The van der Waals surface area contributed by atoms with E-state index in [1.807, 2.05) is 0 Å². The molecule has 124 valence electrons. The average molecular weight is 295 g/mol. The number of nitrogens with one attached hydrogen (secondary N) is 1. The van der Waals surface area contributed by atoms with Gasteiger partial charge in [-0.05, 0) is 42.9 Å². The van der Waals surface area contributed by atoms with Crippen molar-refractivity contribution in [1.82, 2.24) is 10.2 Å². The molecular weight excluding hydrogens is 256 g/mol. The Morgan fingerprint density at radius 1 is 1.05 bits per heavy atom. The summed E-state index contributed by atoms with van der Waals surface area (Å²) in [5, 5.41) is 3.81. The Labute approximate surface area is 133 Å². The van der Waals surface area contributed by atoms with Crippen molar-refractivity contribution in [3.63, 3.8) is 0 Å².